The zero-order valence-corrected chi connectivity index (χ0v) is 21.9. The van der Waals surface area contributed by atoms with E-state index in [0.717, 1.165) is 68.1 Å². The predicted molar refractivity (Wildman–Crippen MR) is 168 cm³/mol. The van der Waals surface area contributed by atoms with Gasteiger partial charge in [-0.1, -0.05) is 42.5 Å². The van der Waals surface area contributed by atoms with Crippen LogP contribution in [-0.4, -0.2) is 18.4 Å². The van der Waals surface area contributed by atoms with Crippen LogP contribution in [-0.2, 0) is 0 Å². The van der Waals surface area contributed by atoms with E-state index in [-0.39, 0.29) is 0 Å². The van der Waals surface area contributed by atoms with Gasteiger partial charge in [-0.15, -0.1) is 0 Å². The molecule has 0 saturated heterocycles. The van der Waals surface area contributed by atoms with Gasteiger partial charge in [0.05, 0.1) is 0 Å². The molecule has 0 amide bonds. The number of nitrogens with one attached hydrogen (secondary N) is 1. The Morgan fingerprint density at radius 2 is 1.56 bits per heavy atom. The molecule has 0 aliphatic heterocycles. The quantitative estimate of drug-likeness (QED) is 0.235. The summed E-state index contributed by atoms with van der Waals surface area (Å²) in [7, 11) is 5.92. The molecular formula is C36H27BNO. The number of hydrogen-bond donors (Lipinski definition) is 1. The first-order chi connectivity index (χ1) is 19.3. The molecular weight excluding hydrogens is 473 g/mol. The Labute approximate surface area is 229 Å². The van der Waals surface area contributed by atoms with E-state index in [9.17, 15) is 0 Å². The van der Waals surface area contributed by atoms with Gasteiger partial charge in [0, 0.05) is 0 Å². The number of aromatic amines is 1. The minimum atomic E-state index is 0.918. The summed E-state index contributed by atoms with van der Waals surface area (Å²) < 4.78 is 6.82. The van der Waals surface area contributed by atoms with E-state index >= 15 is 0 Å². The number of rotatable bonds is 5. The number of para-hydroxylation sites is 2. The van der Waals surface area contributed by atoms with Crippen LogP contribution in [0, 0.1) is 0 Å². The van der Waals surface area contributed by atoms with Crippen LogP contribution < -0.4 is 0 Å². The van der Waals surface area contributed by atoms with Crippen LogP contribution in [0.1, 0.15) is 42.1 Å². The summed E-state index contributed by atoms with van der Waals surface area (Å²) in [5.41, 5.74) is 12.2. The van der Waals surface area contributed by atoms with E-state index in [4.69, 9.17) is 11.9 Å². The number of H-pyrrole nitrogens is 1. The van der Waals surface area contributed by atoms with Crippen LogP contribution in [0.25, 0.3) is 61.2 Å². The second-order valence-corrected chi connectivity index (χ2v) is 10.0. The van der Waals surface area contributed by atoms with E-state index in [1.807, 2.05) is 13.0 Å². The van der Waals surface area contributed by atoms with Crippen molar-refractivity contribution in [3.8, 4) is 11.1 Å². The number of allylic oxidation sites excluding steroid dienone is 5. The molecule has 6 aromatic rings. The van der Waals surface area contributed by atoms with Gasteiger partial charge < -0.3 is 0 Å². The summed E-state index contributed by atoms with van der Waals surface area (Å²) >= 11 is 0. The Balaban J connectivity index is 1.46. The Bertz CT molecular complexity index is 1980. The molecule has 1 N–H and O–H groups in total. The molecule has 3 heteroatoms. The van der Waals surface area contributed by atoms with Gasteiger partial charge in [-0.05, 0) is 24.0 Å². The molecule has 0 fully saturated rings. The van der Waals surface area contributed by atoms with Crippen molar-refractivity contribution in [1.29, 1.82) is 0 Å². The molecule has 7 rings (SSSR count). The molecule has 0 unspecified atom stereocenters. The first-order valence-corrected chi connectivity index (χ1v) is 13.5. The number of fused-ring (bicyclic) bond motifs is 4. The maximum absolute atomic E-state index is 6.82. The third-order valence-corrected chi connectivity index (χ3v) is 7.79. The van der Waals surface area contributed by atoms with Crippen molar-refractivity contribution in [2.24, 2.45) is 0 Å². The summed E-state index contributed by atoms with van der Waals surface area (Å²) in [5, 5.41) is 3.43. The molecule has 185 valence electrons. The second kappa shape index (κ2) is 9.60. The number of hydrogen-bond acceptors (Lipinski definition) is 1. The summed E-state index contributed by atoms with van der Waals surface area (Å²) in [6, 6.07) is 30.2. The fraction of sp³-hybridized carbons (Fsp3) is 0.0833. The number of aromatic nitrogens is 1. The fourth-order valence-electron chi connectivity index (χ4n) is 6.00. The van der Waals surface area contributed by atoms with Gasteiger partial charge in [-0.2, -0.15) is 0 Å². The first-order valence-electron chi connectivity index (χ1n) is 13.5. The summed E-state index contributed by atoms with van der Waals surface area (Å²) in [4.78, 5) is 3.43. The van der Waals surface area contributed by atoms with Crippen LogP contribution in [0.3, 0.4) is 0 Å². The number of furan rings is 1. The van der Waals surface area contributed by atoms with Crippen LogP contribution in [0.4, 0.5) is 0 Å². The van der Waals surface area contributed by atoms with Crippen LogP contribution >= 0.6 is 0 Å². The normalized spacial score (nSPS) is 13.8. The van der Waals surface area contributed by atoms with Crippen molar-refractivity contribution in [2.45, 2.75) is 19.8 Å². The number of benzene rings is 4. The SMILES string of the molecule is [B]=Cc1[nH]c2ccc(-c3cccc4c3oc3c(C5=C(c6ccccc6)C=CCC5)cccc34)cc2c1/C=C\C. The van der Waals surface area contributed by atoms with E-state index in [1.165, 1.54) is 22.3 Å². The maximum atomic E-state index is 6.82. The molecule has 1 aliphatic carbocycles. The molecule has 0 spiro atoms. The topological polar surface area (TPSA) is 28.9 Å². The zero-order valence-electron chi connectivity index (χ0n) is 21.9. The van der Waals surface area contributed by atoms with Crippen molar-refractivity contribution in [3.05, 3.63) is 126 Å². The fourth-order valence-corrected chi connectivity index (χ4v) is 6.00. The van der Waals surface area contributed by atoms with Gasteiger partial charge in [0.2, 0.25) is 0 Å². The van der Waals surface area contributed by atoms with Crippen molar-refractivity contribution in [2.75, 3.05) is 0 Å². The third kappa shape index (κ3) is 3.85. The monoisotopic (exact) mass is 500 g/mol. The molecule has 0 saturated carbocycles. The Morgan fingerprint density at radius 1 is 0.795 bits per heavy atom. The standard InChI is InChI=1S/C36H27BNO/c1-2-10-28-32-21-24(19-20-33(32)38-34(28)22-37)26-15-8-17-30-31-18-9-16-29(36(31)39-35(26)30)27-14-7-6-13-25(27)23-11-4-3-5-12-23/h2-6,8-13,15-22,38H,7,14H2,1H3/b10-2-. The van der Waals surface area contributed by atoms with Crippen molar-refractivity contribution < 1.29 is 4.42 Å². The molecule has 2 aromatic heterocycles. The second-order valence-electron chi connectivity index (χ2n) is 10.0. The molecule has 2 heterocycles. The molecule has 1 aliphatic rings. The Morgan fingerprint density at radius 3 is 2.33 bits per heavy atom. The van der Waals surface area contributed by atoms with Crippen molar-refractivity contribution in [3.63, 3.8) is 0 Å². The van der Waals surface area contributed by atoms with E-state index in [0.29, 0.717) is 0 Å². The van der Waals surface area contributed by atoms with E-state index < -0.39 is 0 Å². The van der Waals surface area contributed by atoms with Gasteiger partial charge in [0.15, 0.2) is 0 Å². The predicted octanol–water partition coefficient (Wildman–Crippen LogP) is 9.35. The molecule has 2 nitrogen and oxygen atoms in total. The molecule has 1 radical (unpaired) electrons. The van der Waals surface area contributed by atoms with Crippen LogP contribution in [0.5, 0.6) is 0 Å². The van der Waals surface area contributed by atoms with Gasteiger partial charge in [-0.3, -0.25) is 0 Å². The van der Waals surface area contributed by atoms with Gasteiger partial charge in [-0.25, -0.2) is 0 Å². The van der Waals surface area contributed by atoms with Crippen molar-refractivity contribution >= 4 is 63.5 Å². The van der Waals surface area contributed by atoms with Crippen molar-refractivity contribution in [1.82, 2.24) is 4.98 Å². The average Bonchev–Trinajstić information content (AvgIpc) is 3.55. The van der Waals surface area contributed by atoms with Crippen LogP contribution in [0.15, 0.2) is 108 Å². The Kier molecular flexibility index (Phi) is 5.78. The van der Waals surface area contributed by atoms with E-state index in [1.54, 1.807) is 5.97 Å². The molecule has 39 heavy (non-hydrogen) atoms. The van der Waals surface area contributed by atoms with Gasteiger partial charge >= 0.3 is 163 Å². The molecule has 0 bridgehead atoms. The summed E-state index contributed by atoms with van der Waals surface area (Å²) in [6.45, 7) is 2.02. The first kappa shape index (κ1) is 23.5. The minimum absolute atomic E-state index is 0.918. The molecule has 0 atom stereocenters. The van der Waals surface area contributed by atoms with Gasteiger partial charge in [0.25, 0.3) is 0 Å². The summed E-state index contributed by atoms with van der Waals surface area (Å²) in [6.07, 6.45) is 10.7. The molecule has 4 aromatic carbocycles. The third-order valence-electron chi connectivity index (χ3n) is 7.79. The average molecular weight is 500 g/mol. The Hall–Kier alpha value is -4.63. The van der Waals surface area contributed by atoms with Crippen LogP contribution in [0.2, 0.25) is 0 Å². The summed E-state index contributed by atoms with van der Waals surface area (Å²) in [5.74, 6) is 1.63. The zero-order chi connectivity index (χ0) is 26.3. The van der Waals surface area contributed by atoms with E-state index in [2.05, 4.69) is 108 Å². The van der Waals surface area contributed by atoms with Gasteiger partial charge in [0.1, 0.15) is 0 Å².